The molecule has 1 fully saturated rings. The van der Waals surface area contributed by atoms with Crippen molar-refractivity contribution in [3.05, 3.63) is 22.9 Å². The number of hydrogen-bond acceptors (Lipinski definition) is 6. The van der Waals surface area contributed by atoms with Crippen LogP contribution >= 0.6 is 12.2 Å². The van der Waals surface area contributed by atoms with E-state index in [9.17, 15) is 4.79 Å². The highest BCUT2D eigenvalue weighted by molar-refractivity contribution is 7.80. The van der Waals surface area contributed by atoms with Crippen molar-refractivity contribution in [2.75, 3.05) is 37.6 Å². The van der Waals surface area contributed by atoms with Crippen molar-refractivity contribution in [2.45, 2.75) is 0 Å². The van der Waals surface area contributed by atoms with Crippen molar-refractivity contribution in [1.29, 1.82) is 0 Å². The van der Waals surface area contributed by atoms with E-state index in [0.29, 0.717) is 17.2 Å². The van der Waals surface area contributed by atoms with Crippen LogP contribution in [-0.4, -0.2) is 62.2 Å². The maximum absolute atomic E-state index is 11.4. The molecule has 0 amide bonds. The van der Waals surface area contributed by atoms with Gasteiger partial charge in [0.05, 0.1) is 4.99 Å². The molecule has 0 spiro atoms. The third-order valence-corrected chi connectivity index (χ3v) is 3.50. The number of H-pyrrole nitrogens is 1. The number of hydrogen-bond donors (Lipinski definition) is 2. The van der Waals surface area contributed by atoms with Gasteiger partial charge in [-0.1, -0.05) is 12.2 Å². The van der Waals surface area contributed by atoms with Crippen LogP contribution in [0.2, 0.25) is 0 Å². The Hall–Kier alpha value is -2.00. The first-order valence-corrected chi connectivity index (χ1v) is 6.73. The van der Waals surface area contributed by atoms with E-state index in [4.69, 9.17) is 18.0 Å². The van der Waals surface area contributed by atoms with Gasteiger partial charge in [0.25, 0.3) is 0 Å². The van der Waals surface area contributed by atoms with Gasteiger partial charge in [0, 0.05) is 38.8 Å². The molecule has 0 radical (unpaired) electrons. The fourth-order valence-corrected chi connectivity index (χ4v) is 2.51. The molecule has 3 N–H and O–H groups in total. The lowest BCUT2D eigenvalue weighted by atomic mass is 10.3. The fraction of sp³-hybridized carbons (Fsp3) is 0.455. The molecule has 1 aliphatic heterocycles. The highest BCUT2D eigenvalue weighted by Gasteiger charge is 2.18. The number of aromatic amines is 1. The molecule has 0 aliphatic carbocycles. The predicted molar refractivity (Wildman–Crippen MR) is 79.0 cm³/mol. The van der Waals surface area contributed by atoms with E-state index in [1.54, 1.807) is 6.07 Å². The predicted octanol–water partition coefficient (Wildman–Crippen LogP) is -1.17. The molecule has 3 rings (SSSR count). The lowest BCUT2D eigenvalue weighted by Gasteiger charge is -2.35. The van der Waals surface area contributed by atoms with E-state index >= 15 is 0 Å². The molecule has 2 aromatic heterocycles. The molecule has 2 aromatic rings. The van der Waals surface area contributed by atoms with Crippen LogP contribution < -0.4 is 16.3 Å². The van der Waals surface area contributed by atoms with Gasteiger partial charge < -0.3 is 10.6 Å². The van der Waals surface area contributed by atoms with Crippen LogP contribution in [-0.2, 0) is 0 Å². The van der Waals surface area contributed by atoms with Gasteiger partial charge in [0.2, 0.25) is 0 Å². The van der Waals surface area contributed by atoms with Gasteiger partial charge in [0.15, 0.2) is 5.65 Å². The molecule has 20 heavy (non-hydrogen) atoms. The molecular formula is C11H15N7OS. The van der Waals surface area contributed by atoms with Crippen LogP contribution in [0.1, 0.15) is 0 Å². The van der Waals surface area contributed by atoms with Crippen molar-refractivity contribution >= 4 is 28.7 Å². The molecule has 8 nitrogen and oxygen atoms in total. The first-order chi connectivity index (χ1) is 9.63. The summed E-state index contributed by atoms with van der Waals surface area (Å²) in [5, 5.41) is 6.34. The van der Waals surface area contributed by atoms with Gasteiger partial charge in [-0.05, 0) is 0 Å². The van der Waals surface area contributed by atoms with Gasteiger partial charge in [0.1, 0.15) is 12.1 Å². The summed E-state index contributed by atoms with van der Waals surface area (Å²) in [5.74, 6) is 0.825. The fourth-order valence-electron chi connectivity index (χ4n) is 2.33. The molecular weight excluding hydrogens is 278 g/mol. The minimum atomic E-state index is -0.277. The van der Waals surface area contributed by atoms with Gasteiger partial charge >= 0.3 is 5.69 Å². The molecule has 0 unspecified atom stereocenters. The minimum absolute atomic E-state index is 0.277. The zero-order valence-corrected chi connectivity index (χ0v) is 11.6. The van der Waals surface area contributed by atoms with Gasteiger partial charge in [-0.15, -0.1) is 0 Å². The lowest BCUT2D eigenvalue weighted by Crippen LogP contribution is -2.48. The summed E-state index contributed by atoms with van der Waals surface area (Å²) in [7, 11) is 0. The van der Waals surface area contributed by atoms with Crippen molar-refractivity contribution in [3.8, 4) is 0 Å². The number of aromatic nitrogens is 4. The average molecular weight is 293 g/mol. The Balaban J connectivity index is 1.73. The van der Waals surface area contributed by atoms with Crippen LogP contribution in [0.25, 0.3) is 5.65 Å². The van der Waals surface area contributed by atoms with Crippen molar-refractivity contribution < 1.29 is 0 Å². The normalized spacial score (nSPS) is 16.7. The number of nitrogens with two attached hydrogens (primary N) is 1. The SMILES string of the molecule is NC(=S)CN1CCN(c2cc3n[nH]c(=O)n3cn2)CC1. The quantitative estimate of drug-likeness (QED) is 0.688. The topological polar surface area (TPSA) is 95.5 Å². The number of nitrogens with one attached hydrogen (secondary N) is 1. The summed E-state index contributed by atoms with van der Waals surface area (Å²) >= 11 is 4.92. The number of rotatable bonds is 3. The van der Waals surface area contributed by atoms with Gasteiger partial charge in [-0.2, -0.15) is 5.10 Å². The summed E-state index contributed by atoms with van der Waals surface area (Å²) in [5.41, 5.74) is 5.85. The Morgan fingerprint density at radius 3 is 2.85 bits per heavy atom. The first-order valence-electron chi connectivity index (χ1n) is 6.32. The molecule has 106 valence electrons. The van der Waals surface area contributed by atoms with Gasteiger partial charge in [-0.3, -0.25) is 4.90 Å². The van der Waals surface area contributed by atoms with Crippen LogP contribution in [0.3, 0.4) is 0 Å². The number of nitrogens with zero attached hydrogens (tertiary/aromatic N) is 5. The van der Waals surface area contributed by atoms with E-state index in [2.05, 4.69) is 25.0 Å². The van der Waals surface area contributed by atoms with E-state index in [1.807, 2.05) is 0 Å². The Morgan fingerprint density at radius 1 is 1.40 bits per heavy atom. The van der Waals surface area contributed by atoms with Crippen molar-refractivity contribution in [3.63, 3.8) is 0 Å². The molecule has 0 atom stereocenters. The zero-order chi connectivity index (χ0) is 14.1. The Labute approximate surface area is 120 Å². The Kier molecular flexibility index (Phi) is 3.36. The van der Waals surface area contributed by atoms with E-state index in [0.717, 1.165) is 32.0 Å². The number of anilines is 1. The van der Waals surface area contributed by atoms with Crippen molar-refractivity contribution in [1.82, 2.24) is 24.5 Å². The second-order valence-electron chi connectivity index (χ2n) is 4.73. The second-order valence-corrected chi connectivity index (χ2v) is 5.26. The van der Waals surface area contributed by atoms with Crippen LogP contribution in [0, 0.1) is 0 Å². The summed E-state index contributed by atoms with van der Waals surface area (Å²) < 4.78 is 1.38. The third kappa shape index (κ3) is 2.49. The molecule has 3 heterocycles. The first kappa shape index (κ1) is 13.0. The molecule has 1 aliphatic rings. The van der Waals surface area contributed by atoms with E-state index in [1.165, 1.54) is 10.7 Å². The highest BCUT2D eigenvalue weighted by Crippen LogP contribution is 2.14. The highest BCUT2D eigenvalue weighted by atomic mass is 32.1. The minimum Gasteiger partial charge on any atom is -0.392 e. The maximum atomic E-state index is 11.4. The second kappa shape index (κ2) is 5.17. The molecule has 1 saturated heterocycles. The van der Waals surface area contributed by atoms with Gasteiger partial charge in [-0.25, -0.2) is 19.3 Å². The summed E-state index contributed by atoms with van der Waals surface area (Å²) in [6, 6.07) is 1.81. The number of fused-ring (bicyclic) bond motifs is 1. The summed E-state index contributed by atoms with van der Waals surface area (Å²) in [6.07, 6.45) is 1.50. The molecule has 0 aromatic carbocycles. The van der Waals surface area contributed by atoms with Crippen LogP contribution in [0.15, 0.2) is 17.2 Å². The lowest BCUT2D eigenvalue weighted by molar-refractivity contribution is 0.291. The molecule has 0 saturated carbocycles. The Bertz CT molecular complexity index is 685. The Morgan fingerprint density at radius 2 is 2.15 bits per heavy atom. The maximum Gasteiger partial charge on any atom is 0.348 e. The largest absolute Gasteiger partial charge is 0.392 e. The third-order valence-electron chi connectivity index (χ3n) is 3.37. The monoisotopic (exact) mass is 293 g/mol. The summed E-state index contributed by atoms with van der Waals surface area (Å²) in [6.45, 7) is 4.13. The number of thiocarbonyl (C=S) groups is 1. The van der Waals surface area contributed by atoms with E-state index < -0.39 is 0 Å². The summed E-state index contributed by atoms with van der Waals surface area (Å²) in [4.78, 5) is 20.6. The number of piperazine rings is 1. The smallest absolute Gasteiger partial charge is 0.348 e. The average Bonchev–Trinajstić information content (AvgIpc) is 2.80. The van der Waals surface area contributed by atoms with Crippen LogP contribution in [0.5, 0.6) is 0 Å². The van der Waals surface area contributed by atoms with Crippen LogP contribution in [0.4, 0.5) is 5.82 Å². The zero-order valence-electron chi connectivity index (χ0n) is 10.8. The van der Waals surface area contributed by atoms with E-state index in [-0.39, 0.29) is 5.69 Å². The molecule has 0 bridgehead atoms. The standard InChI is InChI=1S/C11H15N7OS/c12-8(20)6-16-1-3-17(4-2-16)9-5-10-14-15-11(19)18(10)7-13-9/h5,7H,1-4,6H2,(H2,12,20)(H,15,19). The van der Waals surface area contributed by atoms with Crippen molar-refractivity contribution in [2.24, 2.45) is 5.73 Å². The molecule has 9 heteroatoms.